The molecule has 0 unspecified atom stereocenters. The highest BCUT2D eigenvalue weighted by molar-refractivity contribution is 5.45. The fraction of sp³-hybridized carbons (Fsp3) is 0.200. The van der Waals surface area contributed by atoms with Crippen LogP contribution in [0.1, 0.15) is 24.1 Å². The van der Waals surface area contributed by atoms with Gasteiger partial charge in [0.1, 0.15) is 11.5 Å². The molecule has 0 amide bonds. The van der Waals surface area contributed by atoms with Crippen LogP contribution < -0.4 is 10.5 Å². The van der Waals surface area contributed by atoms with Gasteiger partial charge in [-0.15, -0.1) is 0 Å². The van der Waals surface area contributed by atoms with Gasteiger partial charge in [-0.2, -0.15) is 0 Å². The molecule has 0 aliphatic heterocycles. The molecule has 20 heavy (non-hydrogen) atoms. The number of nitrogens with two attached hydrogens (primary N) is 1. The van der Waals surface area contributed by atoms with Gasteiger partial charge in [-0.1, -0.05) is 12.1 Å². The lowest BCUT2D eigenvalue weighted by atomic mass is 10.1. The molecule has 2 rings (SSSR count). The van der Waals surface area contributed by atoms with Crippen LogP contribution in [0.5, 0.6) is 11.5 Å². The first kappa shape index (κ1) is 14.0. The Bertz CT molecular complexity index is 622. The van der Waals surface area contributed by atoms with E-state index < -0.39 is 4.92 Å². The molecule has 0 heterocycles. The summed E-state index contributed by atoms with van der Waals surface area (Å²) in [6.07, 6.45) is 0. The van der Waals surface area contributed by atoms with E-state index in [1.807, 2.05) is 31.2 Å². The molecule has 1 atom stereocenters. The molecule has 0 radical (unpaired) electrons. The Labute approximate surface area is 117 Å². The number of hydrogen-bond acceptors (Lipinski definition) is 4. The third-order valence-electron chi connectivity index (χ3n) is 3.01. The third-order valence-corrected chi connectivity index (χ3v) is 3.01. The summed E-state index contributed by atoms with van der Waals surface area (Å²) >= 11 is 0. The summed E-state index contributed by atoms with van der Waals surface area (Å²) in [7, 11) is 0. The molecule has 0 saturated heterocycles. The van der Waals surface area contributed by atoms with Crippen molar-refractivity contribution < 1.29 is 9.66 Å². The van der Waals surface area contributed by atoms with E-state index in [0.717, 1.165) is 5.56 Å². The van der Waals surface area contributed by atoms with Gasteiger partial charge in [0.25, 0.3) is 5.69 Å². The third kappa shape index (κ3) is 3.13. The summed E-state index contributed by atoms with van der Waals surface area (Å²) in [5, 5.41) is 10.7. The minimum atomic E-state index is -0.406. The second kappa shape index (κ2) is 5.71. The van der Waals surface area contributed by atoms with Crippen molar-refractivity contribution in [3.63, 3.8) is 0 Å². The van der Waals surface area contributed by atoms with Crippen LogP contribution in [0.3, 0.4) is 0 Å². The van der Waals surface area contributed by atoms with Gasteiger partial charge in [-0.3, -0.25) is 10.1 Å². The largest absolute Gasteiger partial charge is 0.457 e. The number of rotatable bonds is 4. The lowest BCUT2D eigenvalue weighted by Gasteiger charge is -2.09. The van der Waals surface area contributed by atoms with E-state index in [1.165, 1.54) is 6.07 Å². The number of nitro benzene ring substituents is 1. The molecular weight excluding hydrogens is 256 g/mol. The molecular formula is C15H16N2O3. The van der Waals surface area contributed by atoms with Gasteiger partial charge in [-0.25, -0.2) is 0 Å². The molecule has 104 valence electrons. The summed E-state index contributed by atoms with van der Waals surface area (Å²) in [5.74, 6) is 1.24. The summed E-state index contributed by atoms with van der Waals surface area (Å²) < 4.78 is 5.67. The van der Waals surface area contributed by atoms with E-state index in [0.29, 0.717) is 17.1 Å². The van der Waals surface area contributed by atoms with Crippen LogP contribution in [0.2, 0.25) is 0 Å². The predicted octanol–water partition coefficient (Wildman–Crippen LogP) is 3.72. The van der Waals surface area contributed by atoms with Crippen molar-refractivity contribution in [1.82, 2.24) is 0 Å². The number of nitro groups is 1. The molecule has 2 aromatic rings. The molecule has 0 fully saturated rings. The normalized spacial score (nSPS) is 11.9. The fourth-order valence-corrected chi connectivity index (χ4v) is 1.87. The van der Waals surface area contributed by atoms with E-state index >= 15 is 0 Å². The average Bonchev–Trinajstić information content (AvgIpc) is 2.39. The lowest BCUT2D eigenvalue weighted by Crippen LogP contribution is -2.04. The maximum atomic E-state index is 10.7. The van der Waals surface area contributed by atoms with Gasteiger partial charge >= 0.3 is 0 Å². The van der Waals surface area contributed by atoms with Crippen molar-refractivity contribution in [1.29, 1.82) is 0 Å². The SMILES string of the molecule is Cc1cc(Oc2ccc([C@H](C)N)cc2)ccc1[N+](=O)[O-]. The Morgan fingerprint density at radius 3 is 2.25 bits per heavy atom. The number of hydrogen-bond donors (Lipinski definition) is 1. The lowest BCUT2D eigenvalue weighted by molar-refractivity contribution is -0.385. The minimum absolute atomic E-state index is 0.0225. The van der Waals surface area contributed by atoms with Gasteiger partial charge in [0, 0.05) is 17.7 Å². The highest BCUT2D eigenvalue weighted by Crippen LogP contribution is 2.27. The Kier molecular flexibility index (Phi) is 4.00. The molecule has 0 bridgehead atoms. The van der Waals surface area contributed by atoms with Gasteiger partial charge in [0.15, 0.2) is 0 Å². The quantitative estimate of drug-likeness (QED) is 0.679. The van der Waals surface area contributed by atoms with E-state index in [1.54, 1.807) is 19.1 Å². The number of nitrogens with zero attached hydrogens (tertiary/aromatic N) is 1. The Morgan fingerprint density at radius 2 is 1.75 bits per heavy atom. The zero-order chi connectivity index (χ0) is 14.7. The Hall–Kier alpha value is -2.40. The number of aryl methyl sites for hydroxylation is 1. The summed E-state index contributed by atoms with van der Waals surface area (Å²) in [6, 6.07) is 12.1. The Balaban J connectivity index is 2.17. The van der Waals surface area contributed by atoms with Crippen molar-refractivity contribution in [3.8, 4) is 11.5 Å². The van der Waals surface area contributed by atoms with Crippen LogP contribution in [-0.2, 0) is 0 Å². The van der Waals surface area contributed by atoms with Crippen LogP contribution in [-0.4, -0.2) is 4.92 Å². The van der Waals surface area contributed by atoms with Crippen molar-refractivity contribution in [3.05, 3.63) is 63.7 Å². The first-order valence-corrected chi connectivity index (χ1v) is 6.26. The van der Waals surface area contributed by atoms with E-state index in [9.17, 15) is 10.1 Å². The zero-order valence-electron chi connectivity index (χ0n) is 11.4. The van der Waals surface area contributed by atoms with Gasteiger partial charge in [0.05, 0.1) is 4.92 Å². The second-order valence-corrected chi connectivity index (χ2v) is 4.67. The molecule has 0 aliphatic carbocycles. The minimum Gasteiger partial charge on any atom is -0.457 e. The van der Waals surface area contributed by atoms with Crippen LogP contribution in [0.4, 0.5) is 5.69 Å². The monoisotopic (exact) mass is 272 g/mol. The first-order valence-electron chi connectivity index (χ1n) is 6.26. The van der Waals surface area contributed by atoms with E-state index in [4.69, 9.17) is 10.5 Å². The van der Waals surface area contributed by atoms with Crippen LogP contribution in [0, 0.1) is 17.0 Å². The molecule has 0 aliphatic rings. The number of ether oxygens (including phenoxy) is 1. The van der Waals surface area contributed by atoms with Crippen molar-refractivity contribution in [2.45, 2.75) is 19.9 Å². The molecule has 2 aromatic carbocycles. The summed E-state index contributed by atoms with van der Waals surface area (Å²) in [6.45, 7) is 3.60. The summed E-state index contributed by atoms with van der Waals surface area (Å²) in [5.41, 5.74) is 7.46. The maximum absolute atomic E-state index is 10.7. The molecule has 5 nitrogen and oxygen atoms in total. The van der Waals surface area contributed by atoms with Crippen LogP contribution in [0.15, 0.2) is 42.5 Å². The first-order chi connectivity index (χ1) is 9.47. The average molecular weight is 272 g/mol. The van der Waals surface area contributed by atoms with E-state index in [-0.39, 0.29) is 11.7 Å². The van der Waals surface area contributed by atoms with Gasteiger partial charge in [0.2, 0.25) is 0 Å². The molecule has 5 heteroatoms. The standard InChI is InChI=1S/C15H16N2O3/c1-10-9-14(7-8-15(10)17(18)19)20-13-5-3-12(4-6-13)11(2)16/h3-9,11H,16H2,1-2H3/t11-/m0/s1. The molecule has 2 N–H and O–H groups in total. The maximum Gasteiger partial charge on any atom is 0.272 e. The van der Waals surface area contributed by atoms with Gasteiger partial charge < -0.3 is 10.5 Å². The number of benzene rings is 2. The zero-order valence-corrected chi connectivity index (χ0v) is 11.4. The van der Waals surface area contributed by atoms with Crippen LogP contribution in [0.25, 0.3) is 0 Å². The van der Waals surface area contributed by atoms with Crippen molar-refractivity contribution in [2.75, 3.05) is 0 Å². The fourth-order valence-electron chi connectivity index (χ4n) is 1.87. The highest BCUT2D eigenvalue weighted by Gasteiger charge is 2.11. The van der Waals surface area contributed by atoms with Crippen LogP contribution >= 0.6 is 0 Å². The molecule has 0 saturated carbocycles. The molecule has 0 aromatic heterocycles. The predicted molar refractivity (Wildman–Crippen MR) is 77.0 cm³/mol. The van der Waals surface area contributed by atoms with E-state index in [2.05, 4.69) is 0 Å². The topological polar surface area (TPSA) is 78.4 Å². The highest BCUT2D eigenvalue weighted by atomic mass is 16.6. The Morgan fingerprint density at radius 1 is 1.15 bits per heavy atom. The van der Waals surface area contributed by atoms with Crippen molar-refractivity contribution in [2.24, 2.45) is 5.73 Å². The molecule has 0 spiro atoms. The smallest absolute Gasteiger partial charge is 0.272 e. The van der Waals surface area contributed by atoms with Crippen molar-refractivity contribution >= 4 is 5.69 Å². The summed E-state index contributed by atoms with van der Waals surface area (Å²) in [4.78, 5) is 10.3. The van der Waals surface area contributed by atoms with Gasteiger partial charge in [-0.05, 0) is 43.7 Å². The second-order valence-electron chi connectivity index (χ2n) is 4.67.